The summed E-state index contributed by atoms with van der Waals surface area (Å²) >= 11 is 0. The summed E-state index contributed by atoms with van der Waals surface area (Å²) in [5.74, 6) is 1.56. The van der Waals surface area contributed by atoms with Crippen LogP contribution >= 0.6 is 0 Å². The molecule has 2 rings (SSSR count). The van der Waals surface area contributed by atoms with Crippen LogP contribution in [0.3, 0.4) is 0 Å². The summed E-state index contributed by atoms with van der Waals surface area (Å²) in [5, 5.41) is 0. The Morgan fingerprint density at radius 2 is 0.966 bits per heavy atom. The van der Waals surface area contributed by atoms with Gasteiger partial charge in [0.25, 0.3) is 0 Å². The molecule has 160 valence electrons. The summed E-state index contributed by atoms with van der Waals surface area (Å²) in [6, 6.07) is 16.7. The summed E-state index contributed by atoms with van der Waals surface area (Å²) < 4.78 is 11.3. The first-order valence-electron chi connectivity index (χ1n) is 9.94. The van der Waals surface area contributed by atoms with Crippen molar-refractivity contribution in [1.29, 1.82) is 0 Å². The topological polar surface area (TPSA) is 99.4 Å². The lowest BCUT2D eigenvalue weighted by Crippen LogP contribution is -2.29. The maximum absolute atomic E-state index is 9.41. The average molecular weight is 437 g/mol. The normalized spacial score (nSPS) is 12.1. The van der Waals surface area contributed by atoms with Gasteiger partial charge in [-0.1, -0.05) is 24.3 Å². The zero-order chi connectivity index (χ0) is 21.3. The Kier molecular flexibility index (Phi) is 8.87. The fourth-order valence-electron chi connectivity index (χ4n) is 2.84. The second kappa shape index (κ2) is 10.9. The van der Waals surface area contributed by atoms with Crippen LogP contribution < -0.4 is 9.47 Å². The lowest BCUT2D eigenvalue weighted by Gasteiger charge is -2.12. The first kappa shape index (κ1) is 23.6. The number of benzene rings is 2. The van der Waals surface area contributed by atoms with E-state index in [2.05, 4.69) is 0 Å². The number of hydrogen-bond donors (Lipinski definition) is 4. The summed E-state index contributed by atoms with van der Waals surface area (Å²) in [5.41, 5.74) is 2.35. The molecule has 0 aliphatic heterocycles. The quantitative estimate of drug-likeness (QED) is 0.302. The Labute approximate surface area is 174 Å². The van der Waals surface area contributed by atoms with E-state index < -0.39 is 17.1 Å². The Bertz CT molecular complexity index is 657. The zero-order valence-corrected chi connectivity index (χ0v) is 19.2. The molecule has 0 spiro atoms. The van der Waals surface area contributed by atoms with E-state index in [1.54, 1.807) is 0 Å². The molecule has 4 N–H and O–H groups in total. The van der Waals surface area contributed by atoms with Crippen LogP contribution in [0.4, 0.5) is 0 Å². The van der Waals surface area contributed by atoms with E-state index in [4.69, 9.17) is 9.47 Å². The highest BCUT2D eigenvalue weighted by Crippen LogP contribution is 2.19. The predicted molar refractivity (Wildman–Crippen MR) is 118 cm³/mol. The van der Waals surface area contributed by atoms with Gasteiger partial charge in [0, 0.05) is 0 Å². The van der Waals surface area contributed by atoms with Gasteiger partial charge in [-0.3, -0.25) is 0 Å². The van der Waals surface area contributed by atoms with Crippen molar-refractivity contribution in [3.63, 3.8) is 0 Å². The van der Waals surface area contributed by atoms with E-state index in [0.29, 0.717) is 38.1 Å². The van der Waals surface area contributed by atoms with Crippen LogP contribution in [-0.4, -0.2) is 49.5 Å². The van der Waals surface area contributed by atoms with E-state index in [9.17, 15) is 19.2 Å². The fraction of sp³-hybridized carbons (Fsp3) is 0.429. The number of hydrogen-bond acceptors (Lipinski definition) is 6. The van der Waals surface area contributed by atoms with Gasteiger partial charge < -0.3 is 28.7 Å². The smallest absolute Gasteiger partial charge is 0.329 e. The second-order valence-corrected chi connectivity index (χ2v) is 13.7. The zero-order valence-electron chi connectivity index (χ0n) is 17.2. The predicted octanol–water partition coefficient (Wildman–Crippen LogP) is 2.93. The van der Waals surface area contributed by atoms with Gasteiger partial charge in [-0.25, -0.2) is 0 Å². The van der Waals surface area contributed by atoms with Gasteiger partial charge in [0.05, 0.1) is 13.2 Å². The molecule has 0 aliphatic rings. The molecule has 0 atom stereocenters. The summed E-state index contributed by atoms with van der Waals surface area (Å²) in [6.07, 6.45) is 2.07. The van der Waals surface area contributed by atoms with Crippen molar-refractivity contribution in [2.75, 3.05) is 13.2 Å². The third kappa shape index (κ3) is 10.6. The van der Waals surface area contributed by atoms with E-state index >= 15 is 0 Å². The van der Waals surface area contributed by atoms with Gasteiger partial charge in [-0.2, -0.15) is 0 Å². The molecule has 0 aromatic heterocycles. The summed E-state index contributed by atoms with van der Waals surface area (Å²) in [7, 11) is -5.95. The van der Waals surface area contributed by atoms with Crippen LogP contribution in [0.5, 0.6) is 11.5 Å². The van der Waals surface area contributed by atoms with Gasteiger partial charge >= 0.3 is 17.1 Å². The first-order chi connectivity index (χ1) is 13.6. The van der Waals surface area contributed by atoms with Crippen molar-refractivity contribution >= 4 is 17.1 Å². The Morgan fingerprint density at radius 3 is 1.28 bits per heavy atom. The van der Waals surface area contributed by atoms with Crippen molar-refractivity contribution in [3.8, 4) is 11.5 Å². The Balaban J connectivity index is 1.74. The summed E-state index contributed by atoms with van der Waals surface area (Å²) in [6.45, 7) is 3.96. The van der Waals surface area contributed by atoms with Crippen LogP contribution in [-0.2, 0) is 6.42 Å². The third-order valence-corrected chi connectivity index (χ3v) is 6.98. The molecule has 0 saturated heterocycles. The van der Waals surface area contributed by atoms with E-state index in [-0.39, 0.29) is 0 Å². The van der Waals surface area contributed by atoms with E-state index in [1.807, 2.05) is 48.5 Å². The minimum Gasteiger partial charge on any atom is -0.494 e. The molecular formula is C21H32O6Si2. The lowest BCUT2D eigenvalue weighted by molar-refractivity contribution is 0.303. The molecule has 2 aromatic carbocycles. The van der Waals surface area contributed by atoms with Crippen molar-refractivity contribution < 1.29 is 28.7 Å². The van der Waals surface area contributed by atoms with Gasteiger partial charge in [-0.05, 0) is 79.8 Å². The first-order valence-corrected chi connectivity index (χ1v) is 15.1. The van der Waals surface area contributed by atoms with E-state index in [0.717, 1.165) is 17.9 Å². The molecule has 8 heteroatoms. The molecule has 0 heterocycles. The maximum atomic E-state index is 9.41. The third-order valence-electron chi connectivity index (χ3n) is 4.38. The van der Waals surface area contributed by atoms with Gasteiger partial charge in [0.15, 0.2) is 0 Å². The highest BCUT2D eigenvalue weighted by atomic mass is 28.4. The maximum Gasteiger partial charge on any atom is 0.329 e. The number of ether oxygens (including phenoxy) is 2. The van der Waals surface area contributed by atoms with Crippen molar-refractivity contribution in [3.05, 3.63) is 59.7 Å². The molecular weight excluding hydrogens is 404 g/mol. The van der Waals surface area contributed by atoms with Gasteiger partial charge in [-0.15, -0.1) is 0 Å². The SMILES string of the molecule is C[Si](O)(O)CCCOc1ccc(Cc2ccc(OCCC[Si](C)(O)O)cc2)cc1. The highest BCUT2D eigenvalue weighted by Gasteiger charge is 2.20. The monoisotopic (exact) mass is 436 g/mol. The second-order valence-electron chi connectivity index (χ2n) is 7.80. The minimum absolute atomic E-state index is 0.411. The van der Waals surface area contributed by atoms with Crippen molar-refractivity contribution in [2.45, 2.75) is 44.4 Å². The molecule has 0 unspecified atom stereocenters. The number of rotatable bonds is 12. The van der Waals surface area contributed by atoms with Gasteiger partial charge in [0.2, 0.25) is 0 Å². The van der Waals surface area contributed by atoms with Crippen LogP contribution in [0.2, 0.25) is 25.2 Å². The van der Waals surface area contributed by atoms with Crippen molar-refractivity contribution in [1.82, 2.24) is 0 Å². The van der Waals surface area contributed by atoms with Crippen LogP contribution in [0, 0.1) is 0 Å². The standard InChI is InChI=1S/C21H32O6Si2/c1-28(22,23)15-3-13-26-20-9-5-18(6-10-20)17-19-7-11-21(12-8-19)27-14-4-16-29(2,24)25/h5-12,22-25H,3-4,13-17H2,1-2H3. The van der Waals surface area contributed by atoms with Crippen LogP contribution in [0.25, 0.3) is 0 Å². The Hall–Kier alpha value is -1.69. The van der Waals surface area contributed by atoms with Crippen LogP contribution in [0.15, 0.2) is 48.5 Å². The van der Waals surface area contributed by atoms with Gasteiger partial charge in [0.1, 0.15) is 11.5 Å². The molecule has 0 saturated carbocycles. The largest absolute Gasteiger partial charge is 0.494 e. The van der Waals surface area contributed by atoms with E-state index in [1.165, 1.54) is 24.2 Å². The molecule has 6 nitrogen and oxygen atoms in total. The fourth-order valence-corrected chi connectivity index (χ4v) is 4.47. The highest BCUT2D eigenvalue weighted by molar-refractivity contribution is 6.63. The molecule has 0 aliphatic carbocycles. The molecule has 0 fully saturated rings. The van der Waals surface area contributed by atoms with Crippen LogP contribution in [0.1, 0.15) is 24.0 Å². The minimum atomic E-state index is -2.98. The average Bonchev–Trinajstić information content (AvgIpc) is 2.63. The molecule has 29 heavy (non-hydrogen) atoms. The molecule has 0 amide bonds. The summed E-state index contributed by atoms with van der Waals surface area (Å²) in [4.78, 5) is 37.6. The van der Waals surface area contributed by atoms with Crippen molar-refractivity contribution in [2.24, 2.45) is 0 Å². The molecule has 2 aromatic rings. The Morgan fingerprint density at radius 1 is 0.621 bits per heavy atom. The lowest BCUT2D eigenvalue weighted by atomic mass is 10.0. The molecule has 0 bridgehead atoms. The molecule has 0 radical (unpaired) electrons.